The van der Waals surface area contributed by atoms with E-state index in [0.717, 1.165) is 11.4 Å². The van der Waals surface area contributed by atoms with Crippen LogP contribution < -0.4 is 29.9 Å². The molecule has 0 spiro atoms. The number of carbonyl (C=O) groups excluding carboxylic acids is 2. The van der Waals surface area contributed by atoms with Gasteiger partial charge in [0.15, 0.2) is 0 Å². The summed E-state index contributed by atoms with van der Waals surface area (Å²) in [7, 11) is 0. The number of anilines is 4. The van der Waals surface area contributed by atoms with Gasteiger partial charge in [-0.15, -0.1) is 0 Å². The van der Waals surface area contributed by atoms with Crippen LogP contribution in [0.2, 0.25) is 0 Å². The zero-order chi connectivity index (χ0) is 41.0. The fourth-order valence-corrected chi connectivity index (χ4v) is 6.25. The van der Waals surface area contributed by atoms with Gasteiger partial charge in [-0.3, -0.25) is 19.8 Å². The maximum Gasteiger partial charge on any atom is 0.415 e. The van der Waals surface area contributed by atoms with Crippen molar-refractivity contribution in [3.8, 4) is 11.5 Å². The molecular weight excluding hydrogens is 749 g/mol. The second-order valence-electron chi connectivity index (χ2n) is 14.5. The molecule has 58 heavy (non-hydrogen) atoms. The van der Waals surface area contributed by atoms with Gasteiger partial charge in [0, 0.05) is 12.4 Å². The zero-order valence-corrected chi connectivity index (χ0v) is 33.7. The molecule has 2 aliphatic rings. The van der Waals surface area contributed by atoms with Crippen LogP contribution in [-0.4, -0.2) is 107 Å². The van der Waals surface area contributed by atoms with Gasteiger partial charge in [-0.05, 0) is 62.1 Å². The van der Waals surface area contributed by atoms with Crippen LogP contribution in [0.1, 0.15) is 65.0 Å². The summed E-state index contributed by atoms with van der Waals surface area (Å²) in [6, 6.07) is 10.3. The number of pyridine rings is 2. The molecule has 0 radical (unpaired) electrons. The number of amides is 2. The highest BCUT2D eigenvalue weighted by molar-refractivity contribution is 5.90. The Morgan fingerprint density at radius 1 is 0.603 bits per heavy atom. The van der Waals surface area contributed by atoms with Crippen LogP contribution in [0.4, 0.5) is 33.1 Å². The van der Waals surface area contributed by atoms with Gasteiger partial charge in [0.2, 0.25) is 11.9 Å². The van der Waals surface area contributed by atoms with E-state index in [4.69, 9.17) is 28.4 Å². The van der Waals surface area contributed by atoms with Crippen LogP contribution in [0, 0.1) is 11.8 Å². The number of cyclic esters (lactones) is 2. The molecule has 6 heterocycles. The summed E-state index contributed by atoms with van der Waals surface area (Å²) in [5.41, 5.74) is 1.55. The summed E-state index contributed by atoms with van der Waals surface area (Å²) >= 11 is 0. The molecule has 0 aromatic carbocycles. The van der Waals surface area contributed by atoms with E-state index in [1.807, 2.05) is 65.8 Å². The van der Waals surface area contributed by atoms with Crippen LogP contribution in [0.15, 0.2) is 61.2 Å². The molecule has 4 aromatic rings. The lowest BCUT2D eigenvalue weighted by molar-refractivity contribution is 0.0273. The topological polar surface area (TPSA) is 197 Å². The van der Waals surface area contributed by atoms with Crippen molar-refractivity contribution in [1.29, 1.82) is 0 Å². The molecule has 2 amide bonds. The fourth-order valence-electron chi connectivity index (χ4n) is 6.25. The number of nitrogens with one attached hydrogen (secondary N) is 2. The first kappa shape index (κ1) is 41.7. The average Bonchev–Trinajstić information content (AvgIpc) is 3.81. The van der Waals surface area contributed by atoms with Gasteiger partial charge < -0.3 is 39.1 Å². The first-order chi connectivity index (χ1) is 28.1. The van der Waals surface area contributed by atoms with Gasteiger partial charge in [0.25, 0.3) is 0 Å². The summed E-state index contributed by atoms with van der Waals surface area (Å²) in [5.74, 6) is 3.43. The number of hydrogen-bond acceptors (Lipinski definition) is 16. The molecule has 18 nitrogen and oxygen atoms in total. The highest BCUT2D eigenvalue weighted by Gasteiger charge is 2.38. The molecule has 18 heteroatoms. The second kappa shape index (κ2) is 20.0. The number of rotatable bonds is 21. The van der Waals surface area contributed by atoms with Crippen molar-refractivity contribution in [2.75, 3.05) is 73.3 Å². The maximum atomic E-state index is 12.4. The smallest absolute Gasteiger partial charge is 0.415 e. The Hall–Kier alpha value is -5.88. The SMILES string of the molecule is CC(C)C1COC(=O)N1c1ccnc(N[C@@H](C)c2ccc(OCCOCCOCCOc3ccc([C@H](C)Nc4nccc(N5C(=O)OCC5C(C)C)n4)nc3)cn2)n1. The summed E-state index contributed by atoms with van der Waals surface area (Å²) in [5, 5.41) is 6.51. The third kappa shape index (κ3) is 10.9. The number of hydrogen-bond donors (Lipinski definition) is 2. The lowest BCUT2D eigenvalue weighted by Gasteiger charge is -2.23. The predicted molar refractivity (Wildman–Crippen MR) is 214 cm³/mol. The van der Waals surface area contributed by atoms with E-state index in [-0.39, 0.29) is 36.0 Å². The van der Waals surface area contributed by atoms with Gasteiger partial charge in [0.1, 0.15) is 49.6 Å². The number of ether oxygens (including phenoxy) is 6. The largest absolute Gasteiger partial charge is 0.490 e. The summed E-state index contributed by atoms with van der Waals surface area (Å²) in [6.45, 7) is 15.1. The summed E-state index contributed by atoms with van der Waals surface area (Å²) < 4.78 is 33.4. The van der Waals surface area contributed by atoms with Gasteiger partial charge in [-0.2, -0.15) is 9.97 Å². The Labute approximate surface area is 338 Å². The van der Waals surface area contributed by atoms with E-state index in [9.17, 15) is 9.59 Å². The van der Waals surface area contributed by atoms with Crippen LogP contribution >= 0.6 is 0 Å². The average molecular weight is 801 g/mol. The van der Waals surface area contributed by atoms with Crippen molar-refractivity contribution in [1.82, 2.24) is 29.9 Å². The monoisotopic (exact) mass is 800 g/mol. The number of carbonyl (C=O) groups is 2. The third-order valence-electron chi connectivity index (χ3n) is 9.59. The third-order valence-corrected chi connectivity index (χ3v) is 9.59. The minimum absolute atomic E-state index is 0.0834. The van der Waals surface area contributed by atoms with E-state index in [1.54, 1.807) is 46.7 Å². The van der Waals surface area contributed by atoms with Crippen LogP contribution in [0.5, 0.6) is 11.5 Å². The molecule has 2 unspecified atom stereocenters. The molecule has 2 fully saturated rings. The highest BCUT2D eigenvalue weighted by Crippen LogP contribution is 2.28. The normalized spacial score (nSPS) is 17.7. The first-order valence-electron chi connectivity index (χ1n) is 19.5. The van der Waals surface area contributed by atoms with E-state index >= 15 is 0 Å². The molecule has 2 N–H and O–H groups in total. The zero-order valence-electron chi connectivity index (χ0n) is 33.7. The highest BCUT2D eigenvalue weighted by atomic mass is 16.6. The molecule has 2 aliphatic heterocycles. The van der Waals surface area contributed by atoms with Crippen molar-refractivity contribution in [2.24, 2.45) is 11.8 Å². The first-order valence-corrected chi connectivity index (χ1v) is 19.5. The van der Waals surface area contributed by atoms with Crippen LogP contribution in [0.3, 0.4) is 0 Å². The lowest BCUT2D eigenvalue weighted by Crippen LogP contribution is -2.37. The van der Waals surface area contributed by atoms with Gasteiger partial charge in [0.05, 0.1) is 74.4 Å². The Bertz CT molecular complexity index is 1800. The van der Waals surface area contributed by atoms with Crippen LogP contribution in [0.25, 0.3) is 0 Å². The number of aromatic nitrogens is 6. The number of nitrogens with zero attached hydrogens (tertiary/aromatic N) is 8. The fraction of sp³-hybridized carbons (Fsp3) is 0.500. The minimum atomic E-state index is -0.405. The lowest BCUT2D eigenvalue weighted by atomic mass is 10.0. The molecule has 4 atom stereocenters. The van der Waals surface area contributed by atoms with Gasteiger partial charge in [-0.25, -0.2) is 19.6 Å². The van der Waals surface area contributed by atoms with Crippen LogP contribution in [-0.2, 0) is 18.9 Å². The Morgan fingerprint density at radius 2 is 1.02 bits per heavy atom. The van der Waals surface area contributed by atoms with Crippen molar-refractivity contribution >= 4 is 35.7 Å². The Kier molecular flexibility index (Phi) is 14.4. The summed E-state index contributed by atoms with van der Waals surface area (Å²) in [6.07, 6.45) is 5.75. The molecule has 0 aliphatic carbocycles. The Balaban J connectivity index is 0.822. The quantitative estimate of drug-likeness (QED) is 0.0950. The Morgan fingerprint density at radius 3 is 1.40 bits per heavy atom. The van der Waals surface area contributed by atoms with Crippen molar-refractivity contribution in [3.05, 3.63) is 72.6 Å². The molecule has 4 aromatic heterocycles. The van der Waals surface area contributed by atoms with Crippen molar-refractivity contribution in [2.45, 2.75) is 65.7 Å². The van der Waals surface area contributed by atoms with E-state index in [1.165, 1.54) is 0 Å². The molecule has 310 valence electrons. The summed E-state index contributed by atoms with van der Waals surface area (Å²) in [4.78, 5) is 54.7. The van der Waals surface area contributed by atoms with E-state index in [0.29, 0.717) is 87.9 Å². The maximum absolute atomic E-state index is 12.4. The molecular formula is C40H52N10O8. The van der Waals surface area contributed by atoms with Crippen molar-refractivity contribution in [3.63, 3.8) is 0 Å². The van der Waals surface area contributed by atoms with Crippen molar-refractivity contribution < 1.29 is 38.0 Å². The second-order valence-corrected chi connectivity index (χ2v) is 14.5. The predicted octanol–water partition coefficient (Wildman–Crippen LogP) is 5.86. The molecule has 6 rings (SSSR count). The minimum Gasteiger partial charge on any atom is -0.490 e. The molecule has 2 saturated heterocycles. The van der Waals surface area contributed by atoms with E-state index < -0.39 is 12.2 Å². The molecule has 0 bridgehead atoms. The van der Waals surface area contributed by atoms with E-state index in [2.05, 4.69) is 40.5 Å². The van der Waals surface area contributed by atoms with Gasteiger partial charge >= 0.3 is 12.2 Å². The van der Waals surface area contributed by atoms with Gasteiger partial charge in [-0.1, -0.05) is 27.7 Å². The standard InChI is InChI=1S/C40H52N10O8/c1-25(2)33-23-57-39(51)49(33)35-11-13-41-37(47-35)45-27(5)31-9-7-29(21-43-31)55-19-17-53-15-16-54-18-20-56-30-8-10-32(44-22-30)28(6)46-38-42-14-12-36(48-38)50-34(26(3)4)24-58-40(50)52/h7-14,21-22,25-28,33-34H,15-20,23-24H2,1-6H3,(H,41,45,47)(H,42,46,48)/t27-,28-,33?,34?/m0/s1. The molecule has 0 saturated carbocycles.